The van der Waals surface area contributed by atoms with Crippen LogP contribution < -0.4 is 0 Å². The lowest BCUT2D eigenvalue weighted by Gasteiger charge is -1.96. The van der Waals surface area contributed by atoms with Crippen LogP contribution in [-0.4, -0.2) is 20.7 Å². The summed E-state index contributed by atoms with van der Waals surface area (Å²) in [7, 11) is 0. The van der Waals surface area contributed by atoms with E-state index in [0.717, 1.165) is 24.1 Å². The van der Waals surface area contributed by atoms with Crippen molar-refractivity contribution in [2.45, 2.75) is 17.2 Å². The summed E-state index contributed by atoms with van der Waals surface area (Å²) in [5.74, 6) is 1.10. The van der Waals surface area contributed by atoms with Crippen molar-refractivity contribution in [2.24, 2.45) is 0 Å². The van der Waals surface area contributed by atoms with Gasteiger partial charge in [-0.1, -0.05) is 23.9 Å². The van der Waals surface area contributed by atoms with Gasteiger partial charge in [-0.15, -0.1) is 11.3 Å². The molecule has 1 N–H and O–H groups in total. The number of rotatable bonds is 5. The van der Waals surface area contributed by atoms with Gasteiger partial charge in [0.2, 0.25) is 0 Å². The molecule has 0 aliphatic carbocycles. The van der Waals surface area contributed by atoms with Crippen LogP contribution in [0.2, 0.25) is 0 Å². The van der Waals surface area contributed by atoms with E-state index in [4.69, 9.17) is 0 Å². The largest absolute Gasteiger partial charge is 0.348 e. The third kappa shape index (κ3) is 2.73. The summed E-state index contributed by atoms with van der Waals surface area (Å²) in [4.78, 5) is 11.7. The van der Waals surface area contributed by atoms with Crippen molar-refractivity contribution in [2.75, 3.05) is 5.75 Å². The Bertz CT molecular complexity index is 583. The summed E-state index contributed by atoms with van der Waals surface area (Å²) in [5, 5.41) is 0. The Balaban J connectivity index is 1.53. The molecular formula is C13H13N3S2. The first-order valence-corrected chi connectivity index (χ1v) is 7.68. The molecule has 3 aromatic rings. The van der Waals surface area contributed by atoms with E-state index in [-0.39, 0.29) is 0 Å². The summed E-state index contributed by atoms with van der Waals surface area (Å²) in [5.41, 5.74) is 2.32. The molecule has 3 rings (SSSR count). The van der Waals surface area contributed by atoms with E-state index in [1.165, 1.54) is 14.7 Å². The molecule has 0 aliphatic rings. The van der Waals surface area contributed by atoms with Crippen LogP contribution >= 0.6 is 23.1 Å². The SMILES string of the molecule is c1ccc2sc(SCCCc3cnc[nH]3)nc2c1. The number of thioether (sulfide) groups is 1. The molecule has 3 nitrogen and oxygen atoms in total. The number of H-pyrrole nitrogens is 1. The minimum absolute atomic E-state index is 1.05. The summed E-state index contributed by atoms with van der Waals surface area (Å²) < 4.78 is 2.44. The van der Waals surface area contributed by atoms with E-state index in [1.807, 2.05) is 24.0 Å². The molecule has 0 saturated carbocycles. The van der Waals surface area contributed by atoms with Crippen molar-refractivity contribution in [3.8, 4) is 0 Å². The first-order chi connectivity index (χ1) is 8.92. The Morgan fingerprint density at radius 1 is 1.28 bits per heavy atom. The highest BCUT2D eigenvalue weighted by molar-refractivity contribution is 8.01. The Morgan fingerprint density at radius 3 is 3.06 bits per heavy atom. The predicted octanol–water partition coefficient (Wildman–Crippen LogP) is 3.74. The number of aromatic amines is 1. The fraction of sp³-hybridized carbons (Fsp3) is 0.231. The van der Waals surface area contributed by atoms with Crippen LogP contribution in [0.25, 0.3) is 10.2 Å². The minimum atomic E-state index is 1.05. The van der Waals surface area contributed by atoms with Crippen molar-refractivity contribution >= 4 is 33.3 Å². The summed E-state index contributed by atoms with van der Waals surface area (Å²) in [6.07, 6.45) is 5.82. The summed E-state index contributed by atoms with van der Waals surface area (Å²) >= 11 is 3.62. The zero-order valence-corrected chi connectivity index (χ0v) is 11.4. The van der Waals surface area contributed by atoms with E-state index >= 15 is 0 Å². The standard InChI is InChI=1S/C13H13N3S2/c1-2-6-12-11(5-1)16-13(18-12)17-7-3-4-10-8-14-9-15-10/h1-2,5-6,8-9H,3-4,7H2,(H,14,15). The Hall–Kier alpha value is -1.33. The number of nitrogens with one attached hydrogen (secondary N) is 1. The number of para-hydroxylation sites is 1. The Kier molecular flexibility index (Phi) is 3.61. The highest BCUT2D eigenvalue weighted by Gasteiger charge is 2.03. The fourth-order valence-corrected chi connectivity index (χ4v) is 3.83. The molecule has 2 aromatic heterocycles. The molecule has 0 fully saturated rings. The fourth-order valence-electron chi connectivity index (χ4n) is 1.76. The molecule has 0 bridgehead atoms. The number of aryl methyl sites for hydroxylation is 1. The van der Waals surface area contributed by atoms with Crippen molar-refractivity contribution in [1.82, 2.24) is 15.0 Å². The number of nitrogens with zero attached hydrogens (tertiary/aromatic N) is 2. The van der Waals surface area contributed by atoms with Gasteiger partial charge in [-0.2, -0.15) is 0 Å². The van der Waals surface area contributed by atoms with Crippen LogP contribution in [0.15, 0.2) is 41.1 Å². The third-order valence-electron chi connectivity index (χ3n) is 2.65. The van der Waals surface area contributed by atoms with E-state index < -0.39 is 0 Å². The highest BCUT2D eigenvalue weighted by atomic mass is 32.2. The van der Waals surface area contributed by atoms with Crippen LogP contribution in [0, 0.1) is 0 Å². The zero-order chi connectivity index (χ0) is 12.2. The normalized spacial score (nSPS) is 11.1. The first kappa shape index (κ1) is 11.7. The number of benzene rings is 1. The van der Waals surface area contributed by atoms with Crippen molar-refractivity contribution < 1.29 is 0 Å². The average Bonchev–Trinajstić information content (AvgIpc) is 3.03. The smallest absolute Gasteiger partial charge is 0.151 e. The molecule has 92 valence electrons. The maximum atomic E-state index is 4.61. The van der Waals surface area contributed by atoms with Gasteiger partial charge in [0, 0.05) is 17.6 Å². The molecule has 0 amide bonds. The summed E-state index contributed by atoms with van der Waals surface area (Å²) in [6, 6.07) is 8.30. The molecule has 0 aliphatic heterocycles. The summed E-state index contributed by atoms with van der Waals surface area (Å²) in [6.45, 7) is 0. The van der Waals surface area contributed by atoms with Gasteiger partial charge >= 0.3 is 0 Å². The Morgan fingerprint density at radius 2 is 2.22 bits per heavy atom. The van der Waals surface area contributed by atoms with Crippen LogP contribution in [-0.2, 0) is 6.42 Å². The number of imidazole rings is 1. The van der Waals surface area contributed by atoms with Crippen LogP contribution in [0.3, 0.4) is 0 Å². The van der Waals surface area contributed by atoms with Crippen molar-refractivity contribution in [3.63, 3.8) is 0 Å². The molecule has 0 unspecified atom stereocenters. The zero-order valence-electron chi connectivity index (χ0n) is 9.80. The highest BCUT2D eigenvalue weighted by Crippen LogP contribution is 2.29. The lowest BCUT2D eigenvalue weighted by atomic mass is 10.3. The first-order valence-electron chi connectivity index (χ1n) is 5.87. The maximum absolute atomic E-state index is 4.61. The molecule has 0 spiro atoms. The third-order valence-corrected chi connectivity index (χ3v) is 4.91. The Labute approximate surface area is 114 Å². The van der Waals surface area contributed by atoms with Crippen molar-refractivity contribution in [1.29, 1.82) is 0 Å². The molecule has 18 heavy (non-hydrogen) atoms. The van der Waals surface area contributed by atoms with E-state index in [2.05, 4.69) is 33.2 Å². The molecule has 2 heterocycles. The average molecular weight is 275 g/mol. The van der Waals surface area contributed by atoms with E-state index in [1.54, 1.807) is 17.7 Å². The van der Waals surface area contributed by atoms with Gasteiger partial charge in [0.25, 0.3) is 0 Å². The molecule has 0 radical (unpaired) electrons. The second kappa shape index (κ2) is 5.54. The number of fused-ring (bicyclic) bond motifs is 1. The molecule has 0 saturated heterocycles. The topological polar surface area (TPSA) is 41.6 Å². The molecule has 5 heteroatoms. The van der Waals surface area contributed by atoms with E-state index in [9.17, 15) is 0 Å². The van der Waals surface area contributed by atoms with Crippen LogP contribution in [0.1, 0.15) is 12.1 Å². The molecule has 1 aromatic carbocycles. The van der Waals surface area contributed by atoms with Crippen LogP contribution in [0.5, 0.6) is 0 Å². The number of aromatic nitrogens is 3. The predicted molar refractivity (Wildman–Crippen MR) is 77.3 cm³/mol. The minimum Gasteiger partial charge on any atom is -0.348 e. The molecule has 0 atom stereocenters. The van der Waals surface area contributed by atoms with Gasteiger partial charge in [-0.25, -0.2) is 9.97 Å². The monoisotopic (exact) mass is 275 g/mol. The van der Waals surface area contributed by atoms with Gasteiger partial charge in [-0.3, -0.25) is 0 Å². The van der Waals surface area contributed by atoms with Gasteiger partial charge in [-0.05, 0) is 25.0 Å². The van der Waals surface area contributed by atoms with Crippen molar-refractivity contribution in [3.05, 3.63) is 42.5 Å². The number of thiazole rings is 1. The molecular weight excluding hydrogens is 262 g/mol. The van der Waals surface area contributed by atoms with Gasteiger partial charge in [0.15, 0.2) is 4.34 Å². The number of hydrogen-bond donors (Lipinski definition) is 1. The lowest BCUT2D eigenvalue weighted by Crippen LogP contribution is -1.87. The lowest BCUT2D eigenvalue weighted by molar-refractivity contribution is 0.901. The quantitative estimate of drug-likeness (QED) is 0.569. The van der Waals surface area contributed by atoms with Gasteiger partial charge in [0.1, 0.15) is 0 Å². The van der Waals surface area contributed by atoms with Crippen LogP contribution in [0.4, 0.5) is 0 Å². The van der Waals surface area contributed by atoms with E-state index in [0.29, 0.717) is 0 Å². The van der Waals surface area contributed by atoms with Gasteiger partial charge < -0.3 is 4.98 Å². The number of hydrogen-bond acceptors (Lipinski definition) is 4. The van der Waals surface area contributed by atoms with Gasteiger partial charge in [0.05, 0.1) is 16.5 Å². The second-order valence-electron chi connectivity index (χ2n) is 3.98. The maximum Gasteiger partial charge on any atom is 0.151 e. The second-order valence-corrected chi connectivity index (χ2v) is 6.35.